The van der Waals surface area contributed by atoms with E-state index in [1.54, 1.807) is 31.4 Å². The molecule has 32 heavy (non-hydrogen) atoms. The first-order chi connectivity index (χ1) is 15.7. The summed E-state index contributed by atoms with van der Waals surface area (Å²) in [7, 11) is 1.66. The zero-order chi connectivity index (χ0) is 22.3. The van der Waals surface area contributed by atoms with Crippen molar-refractivity contribution < 1.29 is 19.0 Å². The topological polar surface area (TPSA) is 60.9 Å². The fourth-order valence-corrected chi connectivity index (χ4v) is 4.49. The van der Waals surface area contributed by atoms with Crippen LogP contribution in [-0.4, -0.2) is 30.8 Å². The Balaban J connectivity index is 1.70. The molecule has 2 aromatic carbocycles. The van der Waals surface area contributed by atoms with Crippen molar-refractivity contribution in [1.29, 1.82) is 0 Å². The van der Waals surface area contributed by atoms with Gasteiger partial charge in [0.15, 0.2) is 11.5 Å². The summed E-state index contributed by atoms with van der Waals surface area (Å²) in [4.78, 5) is 18.9. The number of thiazole rings is 1. The lowest BCUT2D eigenvalue weighted by Gasteiger charge is -2.26. The molecule has 0 spiro atoms. The van der Waals surface area contributed by atoms with Crippen molar-refractivity contribution in [2.45, 2.75) is 45.3 Å². The highest BCUT2D eigenvalue weighted by atomic mass is 32.1. The number of benzene rings is 2. The minimum absolute atomic E-state index is 0.221. The summed E-state index contributed by atoms with van der Waals surface area (Å²) in [5.41, 5.74) is 5.10. The Hall–Kier alpha value is -3.06. The molecule has 1 aliphatic rings. The number of hydrogen-bond acceptors (Lipinski definition) is 7. The van der Waals surface area contributed by atoms with E-state index in [0.717, 1.165) is 41.4 Å². The molecular formula is C25H28N2O4S. The molecule has 0 N–H and O–H groups in total. The van der Waals surface area contributed by atoms with Gasteiger partial charge in [-0.05, 0) is 62.9 Å². The predicted molar refractivity (Wildman–Crippen MR) is 126 cm³/mol. The highest BCUT2D eigenvalue weighted by Gasteiger charge is 2.21. The Morgan fingerprint density at radius 1 is 1.12 bits per heavy atom. The van der Waals surface area contributed by atoms with Crippen LogP contribution in [0.3, 0.4) is 0 Å². The quantitative estimate of drug-likeness (QED) is 0.372. The van der Waals surface area contributed by atoms with Crippen molar-refractivity contribution in [3.8, 4) is 11.5 Å². The summed E-state index contributed by atoms with van der Waals surface area (Å²) in [5.74, 6) is 1.12. The van der Waals surface area contributed by atoms with Gasteiger partial charge < -0.3 is 19.1 Å². The Bertz CT molecular complexity index is 1030. The molecule has 1 aromatic heterocycles. The van der Waals surface area contributed by atoms with Crippen molar-refractivity contribution in [2.24, 2.45) is 0 Å². The van der Waals surface area contributed by atoms with Crippen LogP contribution in [-0.2, 0) is 11.3 Å². The molecule has 0 amide bonds. The maximum atomic E-state index is 12.3. The standard InChI is InChI=1S/C25H28N2O4S/c1-3-30-25(28)18-7-6-8-20(13-18)27(15-19-16-32-17-26-19)21-11-12-23(29-2)24(14-21)31-22-9-4-5-10-22/h6-8,11-14,16-17,22H,3-5,9-10,15H2,1-2H3. The third-order valence-electron chi connectivity index (χ3n) is 5.53. The first-order valence-electron chi connectivity index (χ1n) is 10.9. The third kappa shape index (κ3) is 5.22. The molecule has 1 saturated carbocycles. The second-order valence-electron chi connectivity index (χ2n) is 7.70. The molecule has 0 bridgehead atoms. The van der Waals surface area contributed by atoms with Crippen molar-refractivity contribution in [3.05, 3.63) is 64.6 Å². The van der Waals surface area contributed by atoms with Crippen LogP contribution in [0.4, 0.5) is 11.4 Å². The van der Waals surface area contributed by atoms with Crippen molar-refractivity contribution in [2.75, 3.05) is 18.6 Å². The van der Waals surface area contributed by atoms with Crippen molar-refractivity contribution in [1.82, 2.24) is 4.98 Å². The van der Waals surface area contributed by atoms with Gasteiger partial charge in [0.2, 0.25) is 0 Å². The average Bonchev–Trinajstić information content (AvgIpc) is 3.52. The Kier molecular flexibility index (Phi) is 7.27. The smallest absolute Gasteiger partial charge is 0.338 e. The molecule has 168 valence electrons. The summed E-state index contributed by atoms with van der Waals surface area (Å²) in [6, 6.07) is 13.4. The van der Waals surface area contributed by atoms with Crippen molar-refractivity contribution in [3.63, 3.8) is 0 Å². The lowest BCUT2D eigenvalue weighted by atomic mass is 10.1. The second kappa shape index (κ2) is 10.5. The molecular weight excluding hydrogens is 424 g/mol. The highest BCUT2D eigenvalue weighted by molar-refractivity contribution is 7.07. The van der Waals surface area contributed by atoms with Gasteiger partial charge in [-0.3, -0.25) is 0 Å². The Morgan fingerprint density at radius 2 is 1.94 bits per heavy atom. The van der Waals surface area contributed by atoms with Gasteiger partial charge in [-0.2, -0.15) is 0 Å². The SMILES string of the molecule is CCOC(=O)c1cccc(N(Cc2cscn2)c2ccc(OC)c(OC3CCCC3)c2)c1. The number of rotatable bonds is 9. The first-order valence-corrected chi connectivity index (χ1v) is 11.9. The largest absolute Gasteiger partial charge is 0.493 e. The van der Waals surface area contributed by atoms with Gasteiger partial charge in [0.1, 0.15) is 0 Å². The van der Waals surface area contributed by atoms with Crippen LogP contribution in [0.2, 0.25) is 0 Å². The van der Waals surface area contributed by atoms with Crippen LogP contribution in [0.15, 0.2) is 53.4 Å². The van der Waals surface area contributed by atoms with Gasteiger partial charge in [-0.1, -0.05) is 6.07 Å². The minimum atomic E-state index is -0.331. The average molecular weight is 453 g/mol. The highest BCUT2D eigenvalue weighted by Crippen LogP contribution is 2.38. The van der Waals surface area contributed by atoms with Crippen LogP contribution in [0.25, 0.3) is 0 Å². The summed E-state index contributed by atoms with van der Waals surface area (Å²) in [6.07, 6.45) is 4.75. The number of aromatic nitrogens is 1. The number of carbonyl (C=O) groups is 1. The number of nitrogens with zero attached hydrogens (tertiary/aromatic N) is 2. The first kappa shape index (κ1) is 22.1. The number of carbonyl (C=O) groups excluding carboxylic acids is 1. The lowest BCUT2D eigenvalue weighted by molar-refractivity contribution is 0.0526. The van der Waals surface area contributed by atoms with E-state index >= 15 is 0 Å². The van der Waals surface area contributed by atoms with Gasteiger partial charge in [0.25, 0.3) is 0 Å². The fraction of sp³-hybridized carbons (Fsp3) is 0.360. The van der Waals surface area contributed by atoms with Crippen LogP contribution >= 0.6 is 11.3 Å². The molecule has 7 heteroatoms. The summed E-state index contributed by atoms with van der Waals surface area (Å²) in [5, 5.41) is 2.03. The van der Waals surface area contributed by atoms with Gasteiger partial charge in [-0.15, -0.1) is 11.3 Å². The summed E-state index contributed by atoms with van der Waals surface area (Å²) < 4.78 is 17.1. The third-order valence-corrected chi connectivity index (χ3v) is 6.16. The van der Waals surface area contributed by atoms with Gasteiger partial charge in [-0.25, -0.2) is 9.78 Å². The van der Waals surface area contributed by atoms with E-state index in [9.17, 15) is 4.79 Å². The van der Waals surface area contributed by atoms with Crippen LogP contribution in [0, 0.1) is 0 Å². The molecule has 0 aliphatic heterocycles. The van der Waals surface area contributed by atoms with Crippen LogP contribution < -0.4 is 14.4 Å². The van der Waals surface area contributed by atoms with Gasteiger partial charge in [0, 0.05) is 22.8 Å². The molecule has 0 atom stereocenters. The predicted octanol–water partition coefficient (Wildman–Crippen LogP) is 5.99. The van der Waals surface area contributed by atoms with Crippen LogP contribution in [0.1, 0.15) is 48.7 Å². The number of hydrogen-bond donors (Lipinski definition) is 0. The number of esters is 1. The number of ether oxygens (including phenoxy) is 3. The molecule has 0 radical (unpaired) electrons. The van der Waals surface area contributed by atoms with E-state index in [1.807, 2.05) is 47.3 Å². The molecule has 1 heterocycles. The molecule has 0 saturated heterocycles. The van der Waals surface area contributed by atoms with E-state index in [4.69, 9.17) is 14.2 Å². The maximum absolute atomic E-state index is 12.3. The van der Waals surface area contributed by atoms with Crippen molar-refractivity contribution >= 4 is 28.7 Å². The fourth-order valence-electron chi connectivity index (χ4n) is 3.94. The molecule has 0 unspecified atom stereocenters. The minimum Gasteiger partial charge on any atom is -0.493 e. The molecule has 1 aliphatic carbocycles. The second-order valence-corrected chi connectivity index (χ2v) is 8.41. The van der Waals surface area contributed by atoms with E-state index in [-0.39, 0.29) is 12.1 Å². The zero-order valence-corrected chi connectivity index (χ0v) is 19.3. The Labute approximate surface area is 192 Å². The molecule has 1 fully saturated rings. The van der Waals surface area contributed by atoms with E-state index in [2.05, 4.69) is 9.88 Å². The summed E-state index contributed by atoms with van der Waals surface area (Å²) in [6.45, 7) is 2.70. The summed E-state index contributed by atoms with van der Waals surface area (Å²) >= 11 is 1.56. The number of methoxy groups -OCH3 is 1. The lowest BCUT2D eigenvalue weighted by Crippen LogP contribution is -2.18. The normalized spacial score (nSPS) is 13.7. The van der Waals surface area contributed by atoms with E-state index in [0.29, 0.717) is 18.7 Å². The van der Waals surface area contributed by atoms with Gasteiger partial charge in [0.05, 0.1) is 43.1 Å². The molecule has 6 nitrogen and oxygen atoms in total. The Morgan fingerprint density at radius 3 is 2.66 bits per heavy atom. The van der Waals surface area contributed by atoms with E-state index in [1.165, 1.54) is 12.8 Å². The molecule has 4 rings (SSSR count). The maximum Gasteiger partial charge on any atom is 0.338 e. The zero-order valence-electron chi connectivity index (χ0n) is 18.5. The van der Waals surface area contributed by atoms with Crippen LogP contribution in [0.5, 0.6) is 11.5 Å². The number of anilines is 2. The monoisotopic (exact) mass is 452 g/mol. The van der Waals surface area contributed by atoms with Gasteiger partial charge >= 0.3 is 5.97 Å². The van der Waals surface area contributed by atoms with E-state index < -0.39 is 0 Å². The molecule has 3 aromatic rings.